The van der Waals surface area contributed by atoms with Crippen LogP contribution in [0.3, 0.4) is 0 Å². The highest BCUT2D eigenvalue weighted by molar-refractivity contribution is 7.51. The summed E-state index contributed by atoms with van der Waals surface area (Å²) < 4.78 is 48.7. The highest BCUT2D eigenvalue weighted by Gasteiger charge is 2.47. The Kier molecular flexibility index (Phi) is 5.59. The molecule has 0 aromatic rings. The second-order valence-corrected chi connectivity index (χ2v) is 7.02. The first-order chi connectivity index (χ1) is 7.75. The van der Waals surface area contributed by atoms with Crippen molar-refractivity contribution >= 4 is 13.4 Å². The predicted molar refractivity (Wildman–Crippen MR) is 60.2 cm³/mol. The average molecular weight is 290 g/mol. The van der Waals surface area contributed by atoms with Gasteiger partial charge >= 0.3 is 13.8 Å². The van der Waals surface area contributed by atoms with Crippen molar-refractivity contribution in [3.63, 3.8) is 0 Å². The van der Waals surface area contributed by atoms with Crippen LogP contribution in [0.5, 0.6) is 0 Å². The molecule has 0 bridgehead atoms. The van der Waals surface area contributed by atoms with Crippen LogP contribution in [0.4, 0.5) is 13.2 Å². The van der Waals surface area contributed by atoms with Gasteiger partial charge in [0.05, 0.1) is 0 Å². The van der Waals surface area contributed by atoms with E-state index in [9.17, 15) is 22.5 Å². The third-order valence-electron chi connectivity index (χ3n) is 2.39. The summed E-state index contributed by atoms with van der Waals surface area (Å²) in [5, 5.41) is 0. The van der Waals surface area contributed by atoms with E-state index in [1.165, 1.54) is 20.8 Å². The standard InChI is InChI=1S/C10H18F3O4P/c1-9(2,3)8(14)7(10(11,12)13)5-4-6-18(15,16)17/h7H,4-6H2,1-3H3,(H2,15,16,17). The monoisotopic (exact) mass is 290 g/mol. The Morgan fingerprint density at radius 2 is 1.67 bits per heavy atom. The van der Waals surface area contributed by atoms with E-state index in [4.69, 9.17) is 9.79 Å². The van der Waals surface area contributed by atoms with Crippen molar-refractivity contribution in [1.82, 2.24) is 0 Å². The van der Waals surface area contributed by atoms with Crippen molar-refractivity contribution in [3.8, 4) is 0 Å². The minimum absolute atomic E-state index is 0.337. The van der Waals surface area contributed by atoms with Crippen LogP contribution in [0.25, 0.3) is 0 Å². The smallest absolute Gasteiger partial charge is 0.324 e. The zero-order valence-corrected chi connectivity index (χ0v) is 11.4. The number of rotatable bonds is 5. The zero-order valence-electron chi connectivity index (χ0n) is 10.5. The maximum atomic E-state index is 12.7. The van der Waals surface area contributed by atoms with Gasteiger partial charge in [0.15, 0.2) is 0 Å². The molecule has 8 heteroatoms. The lowest BCUT2D eigenvalue weighted by atomic mass is 9.81. The molecule has 4 nitrogen and oxygen atoms in total. The second-order valence-electron chi connectivity index (χ2n) is 5.24. The molecule has 0 spiro atoms. The molecule has 0 amide bonds. The van der Waals surface area contributed by atoms with Crippen LogP contribution in [0.2, 0.25) is 0 Å². The van der Waals surface area contributed by atoms with Gasteiger partial charge < -0.3 is 9.79 Å². The summed E-state index contributed by atoms with van der Waals surface area (Å²) in [7, 11) is -4.32. The van der Waals surface area contributed by atoms with Crippen LogP contribution in [-0.4, -0.2) is 27.9 Å². The fourth-order valence-electron chi connectivity index (χ4n) is 1.47. The zero-order chi connectivity index (χ0) is 14.8. The highest BCUT2D eigenvalue weighted by atomic mass is 31.2. The van der Waals surface area contributed by atoms with Crippen molar-refractivity contribution in [3.05, 3.63) is 0 Å². The van der Waals surface area contributed by atoms with Gasteiger partial charge in [-0.3, -0.25) is 9.36 Å². The van der Waals surface area contributed by atoms with Gasteiger partial charge in [-0.2, -0.15) is 13.2 Å². The molecule has 1 atom stereocenters. The van der Waals surface area contributed by atoms with Gasteiger partial charge in [0, 0.05) is 11.6 Å². The molecule has 0 heterocycles. The number of carbonyl (C=O) groups excluding carboxylic acids is 1. The maximum absolute atomic E-state index is 12.7. The van der Waals surface area contributed by atoms with E-state index in [1.54, 1.807) is 0 Å². The summed E-state index contributed by atoms with van der Waals surface area (Å²) in [6.07, 6.45) is -6.25. The second kappa shape index (κ2) is 5.72. The Bertz CT molecular complexity index is 340. The van der Waals surface area contributed by atoms with E-state index >= 15 is 0 Å². The van der Waals surface area contributed by atoms with Crippen LogP contribution in [0.15, 0.2) is 0 Å². The fraction of sp³-hybridized carbons (Fsp3) is 0.900. The minimum Gasteiger partial charge on any atom is -0.324 e. The van der Waals surface area contributed by atoms with Crippen molar-refractivity contribution in [2.45, 2.75) is 39.8 Å². The summed E-state index contributed by atoms with van der Waals surface area (Å²) in [6.45, 7) is 4.16. The van der Waals surface area contributed by atoms with E-state index in [2.05, 4.69) is 0 Å². The molecule has 0 aliphatic rings. The predicted octanol–water partition coefficient (Wildman–Crippen LogP) is 2.74. The molecule has 0 rings (SSSR count). The molecule has 2 N–H and O–H groups in total. The molecule has 0 aliphatic heterocycles. The number of alkyl halides is 3. The molecule has 18 heavy (non-hydrogen) atoms. The molecular weight excluding hydrogens is 272 g/mol. The molecule has 0 radical (unpaired) electrons. The Morgan fingerprint density at radius 3 is 1.94 bits per heavy atom. The van der Waals surface area contributed by atoms with Crippen molar-refractivity contribution in [2.75, 3.05) is 6.16 Å². The third kappa shape index (κ3) is 6.52. The summed E-state index contributed by atoms with van der Waals surface area (Å²) in [5.74, 6) is -3.12. The lowest BCUT2D eigenvalue weighted by Gasteiger charge is -2.26. The number of hydrogen-bond donors (Lipinski definition) is 2. The van der Waals surface area contributed by atoms with Crippen LogP contribution in [0, 0.1) is 11.3 Å². The Labute approximate surface area is 104 Å². The first-order valence-electron chi connectivity index (χ1n) is 5.41. The normalized spacial score (nSPS) is 15.6. The van der Waals surface area contributed by atoms with Crippen LogP contribution in [0.1, 0.15) is 33.6 Å². The topological polar surface area (TPSA) is 74.6 Å². The number of carbonyl (C=O) groups is 1. The molecule has 0 aromatic carbocycles. The molecule has 108 valence electrons. The van der Waals surface area contributed by atoms with E-state index < -0.39 is 43.5 Å². The SMILES string of the molecule is CC(C)(C)C(=O)C(CCCP(=O)(O)O)C(F)(F)F. The highest BCUT2D eigenvalue weighted by Crippen LogP contribution is 2.39. The van der Waals surface area contributed by atoms with Crippen molar-refractivity contribution in [2.24, 2.45) is 11.3 Å². The molecule has 0 aliphatic carbocycles. The van der Waals surface area contributed by atoms with Crippen LogP contribution >= 0.6 is 7.60 Å². The molecule has 0 saturated heterocycles. The van der Waals surface area contributed by atoms with Gasteiger partial charge in [-0.05, 0) is 12.8 Å². The summed E-state index contributed by atoms with van der Waals surface area (Å²) in [5.41, 5.74) is -1.14. The lowest BCUT2D eigenvalue weighted by Crippen LogP contribution is -2.38. The van der Waals surface area contributed by atoms with Gasteiger partial charge in [-0.25, -0.2) is 0 Å². The summed E-state index contributed by atoms with van der Waals surface area (Å²) in [6, 6.07) is 0. The van der Waals surface area contributed by atoms with Crippen LogP contribution in [-0.2, 0) is 9.36 Å². The fourth-order valence-corrected chi connectivity index (χ4v) is 2.06. The van der Waals surface area contributed by atoms with Gasteiger partial charge in [0.25, 0.3) is 0 Å². The van der Waals surface area contributed by atoms with Gasteiger partial charge in [-0.15, -0.1) is 0 Å². The molecule has 1 unspecified atom stereocenters. The molecule has 0 aromatic heterocycles. The molecular formula is C10H18F3O4P. The molecule has 0 fully saturated rings. The molecule has 0 saturated carbocycles. The Morgan fingerprint density at radius 1 is 1.22 bits per heavy atom. The van der Waals surface area contributed by atoms with E-state index in [-0.39, 0.29) is 6.42 Å². The summed E-state index contributed by atoms with van der Waals surface area (Å²) in [4.78, 5) is 28.8. The average Bonchev–Trinajstić information content (AvgIpc) is 2.05. The first-order valence-corrected chi connectivity index (χ1v) is 7.20. The number of Topliss-reactive ketones (excluding diaryl/α,β-unsaturated/α-hetero) is 1. The summed E-state index contributed by atoms with van der Waals surface area (Å²) >= 11 is 0. The van der Waals surface area contributed by atoms with Gasteiger partial charge in [0.2, 0.25) is 0 Å². The Balaban J connectivity index is 4.74. The quantitative estimate of drug-likeness (QED) is 0.763. The van der Waals surface area contributed by atoms with Crippen molar-refractivity contribution < 1.29 is 32.3 Å². The minimum atomic E-state index is -4.68. The van der Waals surface area contributed by atoms with Gasteiger partial charge in [0.1, 0.15) is 11.7 Å². The number of hydrogen-bond acceptors (Lipinski definition) is 2. The van der Waals surface area contributed by atoms with E-state index in [0.29, 0.717) is 0 Å². The maximum Gasteiger partial charge on any atom is 0.398 e. The van der Waals surface area contributed by atoms with E-state index in [0.717, 1.165) is 0 Å². The van der Waals surface area contributed by atoms with Crippen molar-refractivity contribution in [1.29, 1.82) is 0 Å². The Hall–Kier alpha value is -0.390. The van der Waals surface area contributed by atoms with Crippen LogP contribution < -0.4 is 0 Å². The first kappa shape index (κ1) is 17.6. The number of ketones is 1. The van der Waals surface area contributed by atoms with Gasteiger partial charge in [-0.1, -0.05) is 20.8 Å². The number of halogens is 3. The van der Waals surface area contributed by atoms with E-state index in [1.807, 2.05) is 0 Å². The largest absolute Gasteiger partial charge is 0.398 e. The third-order valence-corrected chi connectivity index (χ3v) is 3.29. The lowest BCUT2D eigenvalue weighted by molar-refractivity contribution is -0.187.